The minimum Gasteiger partial charge on any atom is -0.404 e. The highest BCUT2D eigenvalue weighted by molar-refractivity contribution is 7.47. The first kappa shape index (κ1) is 18.4. The molecule has 0 fully saturated rings. The summed E-state index contributed by atoms with van der Waals surface area (Å²) in [5, 5.41) is 0. The van der Waals surface area contributed by atoms with E-state index < -0.39 is 21.4 Å². The van der Waals surface area contributed by atoms with Gasteiger partial charge in [-0.05, 0) is 48.5 Å². The molecule has 0 atom stereocenters. The molecular formula is C13H12O9P2. The van der Waals surface area contributed by atoms with Gasteiger partial charge in [0, 0.05) is 11.1 Å². The number of carbonyl (C=O) groups excluding carboxylic acids is 1. The summed E-state index contributed by atoms with van der Waals surface area (Å²) in [6.07, 6.45) is 0. The Labute approximate surface area is 136 Å². The predicted molar refractivity (Wildman–Crippen MR) is 81.7 cm³/mol. The Morgan fingerprint density at radius 1 is 0.667 bits per heavy atom. The van der Waals surface area contributed by atoms with Crippen LogP contribution in [0, 0.1) is 0 Å². The minimum atomic E-state index is -4.67. The molecular weight excluding hydrogens is 362 g/mol. The van der Waals surface area contributed by atoms with Crippen molar-refractivity contribution in [1.82, 2.24) is 0 Å². The van der Waals surface area contributed by atoms with Crippen molar-refractivity contribution in [3.8, 4) is 11.5 Å². The lowest BCUT2D eigenvalue weighted by Crippen LogP contribution is -2.01. The largest absolute Gasteiger partial charge is 0.524 e. The Bertz CT molecular complexity index is 748. The molecule has 2 rings (SSSR count). The zero-order valence-electron chi connectivity index (χ0n) is 11.8. The lowest BCUT2D eigenvalue weighted by molar-refractivity contribution is 0.103. The molecule has 4 N–H and O–H groups in total. The highest BCUT2D eigenvalue weighted by Crippen LogP contribution is 2.38. The molecule has 0 aromatic heterocycles. The highest BCUT2D eigenvalue weighted by atomic mass is 31.2. The van der Waals surface area contributed by atoms with E-state index in [1.807, 2.05) is 0 Å². The van der Waals surface area contributed by atoms with Gasteiger partial charge in [0.2, 0.25) is 0 Å². The second-order valence-corrected chi connectivity index (χ2v) is 6.87. The van der Waals surface area contributed by atoms with E-state index in [0.717, 1.165) is 0 Å². The van der Waals surface area contributed by atoms with Gasteiger partial charge in [-0.15, -0.1) is 0 Å². The molecule has 0 bridgehead atoms. The van der Waals surface area contributed by atoms with Crippen LogP contribution in [0.5, 0.6) is 11.5 Å². The van der Waals surface area contributed by atoms with Gasteiger partial charge in [0.15, 0.2) is 5.78 Å². The maximum absolute atomic E-state index is 12.3. The van der Waals surface area contributed by atoms with Crippen LogP contribution in [0.2, 0.25) is 0 Å². The summed E-state index contributed by atoms with van der Waals surface area (Å²) in [6.45, 7) is 0. The molecule has 9 nitrogen and oxygen atoms in total. The molecule has 0 amide bonds. The Morgan fingerprint density at radius 2 is 0.958 bits per heavy atom. The first-order chi connectivity index (χ1) is 11.0. The van der Waals surface area contributed by atoms with E-state index in [0.29, 0.717) is 0 Å². The van der Waals surface area contributed by atoms with Gasteiger partial charge in [-0.1, -0.05) is 0 Å². The fraction of sp³-hybridized carbons (Fsp3) is 0. The second kappa shape index (κ2) is 6.86. The van der Waals surface area contributed by atoms with E-state index in [1.54, 1.807) is 0 Å². The molecule has 24 heavy (non-hydrogen) atoms. The highest BCUT2D eigenvalue weighted by Gasteiger charge is 2.18. The van der Waals surface area contributed by atoms with Crippen molar-refractivity contribution in [3.05, 3.63) is 59.7 Å². The van der Waals surface area contributed by atoms with Crippen molar-refractivity contribution < 1.29 is 42.5 Å². The first-order valence-corrected chi connectivity index (χ1v) is 9.35. The molecule has 0 aliphatic carbocycles. The number of hydrogen-bond acceptors (Lipinski definition) is 5. The van der Waals surface area contributed by atoms with Gasteiger partial charge in [0.05, 0.1) is 0 Å². The Kier molecular flexibility index (Phi) is 5.25. The number of ketones is 1. The van der Waals surface area contributed by atoms with Crippen molar-refractivity contribution in [2.75, 3.05) is 0 Å². The van der Waals surface area contributed by atoms with E-state index in [1.165, 1.54) is 48.5 Å². The minimum absolute atomic E-state index is 0.0923. The third-order valence-electron chi connectivity index (χ3n) is 2.68. The van der Waals surface area contributed by atoms with E-state index in [-0.39, 0.29) is 22.6 Å². The molecule has 128 valence electrons. The van der Waals surface area contributed by atoms with Crippen LogP contribution < -0.4 is 9.05 Å². The van der Waals surface area contributed by atoms with Crippen molar-refractivity contribution in [2.24, 2.45) is 0 Å². The number of phosphoric acid groups is 2. The predicted octanol–water partition coefficient (Wildman–Crippen LogP) is 1.86. The fourth-order valence-corrected chi connectivity index (χ4v) is 2.57. The zero-order valence-corrected chi connectivity index (χ0v) is 13.6. The molecule has 0 radical (unpaired) electrons. The van der Waals surface area contributed by atoms with Crippen LogP contribution in [0.3, 0.4) is 0 Å². The Morgan fingerprint density at radius 3 is 1.21 bits per heavy atom. The van der Waals surface area contributed by atoms with Crippen LogP contribution in [-0.2, 0) is 9.13 Å². The van der Waals surface area contributed by atoms with Gasteiger partial charge in [-0.2, -0.15) is 0 Å². The average Bonchev–Trinajstić information content (AvgIpc) is 2.45. The SMILES string of the molecule is O=C(c1ccc(OP(=O)(O)O)cc1)c1ccc(OP(=O)(O)O)cc1. The first-order valence-electron chi connectivity index (χ1n) is 6.29. The van der Waals surface area contributed by atoms with Gasteiger partial charge >= 0.3 is 15.6 Å². The van der Waals surface area contributed by atoms with Gasteiger partial charge < -0.3 is 9.05 Å². The summed E-state index contributed by atoms with van der Waals surface area (Å²) >= 11 is 0. The quantitative estimate of drug-likeness (QED) is 0.439. The third-order valence-corrected chi connectivity index (χ3v) is 3.58. The standard InChI is InChI=1S/C13H12O9P2/c14-13(9-1-5-11(6-2-9)21-23(15,16)17)10-3-7-12(8-4-10)22-24(18,19)20/h1-8H,(H2,15,16,17)(H2,18,19,20). The summed E-state index contributed by atoms with van der Waals surface area (Å²) in [5.41, 5.74) is 0.466. The lowest BCUT2D eigenvalue weighted by atomic mass is 10.0. The number of phosphoric ester groups is 2. The molecule has 0 aliphatic heterocycles. The van der Waals surface area contributed by atoms with E-state index in [2.05, 4.69) is 9.05 Å². The summed E-state index contributed by atoms with van der Waals surface area (Å²) in [5.74, 6) is -0.587. The number of hydrogen-bond donors (Lipinski definition) is 4. The topological polar surface area (TPSA) is 151 Å². The van der Waals surface area contributed by atoms with Gasteiger partial charge in [0.1, 0.15) is 11.5 Å². The molecule has 2 aromatic carbocycles. The Hall–Kier alpha value is -1.99. The normalized spacial score (nSPS) is 11.8. The van der Waals surface area contributed by atoms with E-state index >= 15 is 0 Å². The van der Waals surface area contributed by atoms with Crippen LogP contribution >= 0.6 is 15.6 Å². The second-order valence-electron chi connectivity index (χ2n) is 4.54. The van der Waals surface area contributed by atoms with Crippen LogP contribution in [0.4, 0.5) is 0 Å². The van der Waals surface area contributed by atoms with E-state index in [4.69, 9.17) is 19.6 Å². The molecule has 0 aliphatic rings. The lowest BCUT2D eigenvalue weighted by Gasteiger charge is -2.08. The summed E-state index contributed by atoms with van der Waals surface area (Å²) < 4.78 is 30.2. The third kappa shape index (κ3) is 5.58. The van der Waals surface area contributed by atoms with E-state index in [9.17, 15) is 13.9 Å². The van der Waals surface area contributed by atoms with Crippen molar-refractivity contribution in [1.29, 1.82) is 0 Å². The molecule has 0 saturated heterocycles. The number of rotatable bonds is 6. The monoisotopic (exact) mass is 374 g/mol. The summed E-state index contributed by atoms with van der Waals surface area (Å²) in [4.78, 5) is 47.0. The van der Waals surface area contributed by atoms with Crippen molar-refractivity contribution >= 4 is 21.4 Å². The molecule has 11 heteroatoms. The van der Waals surface area contributed by atoms with Gasteiger partial charge in [-0.25, -0.2) is 9.13 Å². The van der Waals surface area contributed by atoms with Crippen LogP contribution in [-0.4, -0.2) is 25.4 Å². The van der Waals surface area contributed by atoms with Gasteiger partial charge in [-0.3, -0.25) is 24.4 Å². The van der Waals surface area contributed by atoms with Crippen molar-refractivity contribution in [2.45, 2.75) is 0 Å². The fourth-order valence-electron chi connectivity index (χ4n) is 1.78. The molecule has 0 unspecified atom stereocenters. The Balaban J connectivity index is 2.14. The molecule has 0 spiro atoms. The van der Waals surface area contributed by atoms with Crippen molar-refractivity contribution in [3.63, 3.8) is 0 Å². The van der Waals surface area contributed by atoms with Crippen LogP contribution in [0.15, 0.2) is 48.5 Å². The van der Waals surface area contributed by atoms with Gasteiger partial charge in [0.25, 0.3) is 0 Å². The maximum Gasteiger partial charge on any atom is 0.524 e. The van der Waals surface area contributed by atoms with Crippen LogP contribution in [0.25, 0.3) is 0 Å². The van der Waals surface area contributed by atoms with Crippen LogP contribution in [0.1, 0.15) is 15.9 Å². The average molecular weight is 374 g/mol. The summed E-state index contributed by atoms with van der Waals surface area (Å²) in [6, 6.07) is 10.2. The zero-order chi connectivity index (χ0) is 18.0. The number of benzene rings is 2. The molecule has 0 heterocycles. The summed E-state index contributed by atoms with van der Waals surface area (Å²) in [7, 11) is -9.34. The maximum atomic E-state index is 12.3. The smallest absolute Gasteiger partial charge is 0.404 e. The molecule has 0 saturated carbocycles. The molecule has 2 aromatic rings. The number of carbonyl (C=O) groups is 1.